The van der Waals surface area contributed by atoms with Gasteiger partial charge in [0.25, 0.3) is 0 Å². The van der Waals surface area contributed by atoms with Crippen LogP contribution in [-0.4, -0.2) is 35.2 Å². The van der Waals surface area contributed by atoms with E-state index in [2.05, 4.69) is 21.0 Å². The molecule has 1 N–H and O–H groups in total. The van der Waals surface area contributed by atoms with Crippen LogP contribution < -0.4 is 4.74 Å². The van der Waals surface area contributed by atoms with Crippen LogP contribution in [0.5, 0.6) is 5.75 Å². The molecule has 114 valence electrons. The zero-order valence-corrected chi connectivity index (χ0v) is 13.7. The maximum absolute atomic E-state index is 10.6. The van der Waals surface area contributed by atoms with Crippen LogP contribution in [0.2, 0.25) is 0 Å². The monoisotopic (exact) mass is 354 g/mol. The molecule has 1 unspecified atom stereocenters. The highest BCUT2D eigenvalue weighted by molar-refractivity contribution is 9.10. The molecule has 0 radical (unpaired) electrons. The molecule has 1 aromatic carbocycles. The first kappa shape index (κ1) is 16.0. The van der Waals surface area contributed by atoms with Gasteiger partial charge in [-0.05, 0) is 40.5 Å². The minimum absolute atomic E-state index is 0.539. The SMILES string of the molecule is CCOc1ccc(C(O)c2c(Br)cnn2CCOC)cc1. The molecule has 1 aromatic heterocycles. The van der Waals surface area contributed by atoms with E-state index in [-0.39, 0.29) is 0 Å². The third-order valence-electron chi connectivity index (χ3n) is 3.11. The Labute approximate surface area is 132 Å². The Bertz CT molecular complexity index is 569. The molecule has 0 spiro atoms. The lowest BCUT2D eigenvalue weighted by Crippen LogP contribution is -2.13. The van der Waals surface area contributed by atoms with Crippen LogP contribution in [0.1, 0.15) is 24.3 Å². The fourth-order valence-electron chi connectivity index (χ4n) is 2.07. The largest absolute Gasteiger partial charge is 0.494 e. The molecule has 21 heavy (non-hydrogen) atoms. The number of aliphatic hydroxyl groups is 1. The number of aliphatic hydroxyl groups excluding tert-OH is 1. The number of hydrogen-bond acceptors (Lipinski definition) is 4. The van der Waals surface area contributed by atoms with Crippen molar-refractivity contribution in [2.75, 3.05) is 20.3 Å². The Morgan fingerprint density at radius 3 is 2.67 bits per heavy atom. The van der Waals surface area contributed by atoms with Crippen LogP contribution in [0.25, 0.3) is 0 Å². The molecule has 5 nitrogen and oxygen atoms in total. The van der Waals surface area contributed by atoms with Gasteiger partial charge >= 0.3 is 0 Å². The highest BCUT2D eigenvalue weighted by Gasteiger charge is 2.19. The maximum atomic E-state index is 10.6. The van der Waals surface area contributed by atoms with Crippen LogP contribution in [0.4, 0.5) is 0 Å². The third-order valence-corrected chi connectivity index (χ3v) is 3.72. The van der Waals surface area contributed by atoms with Gasteiger partial charge in [0.2, 0.25) is 0 Å². The summed E-state index contributed by atoms with van der Waals surface area (Å²) in [5.41, 5.74) is 1.51. The van der Waals surface area contributed by atoms with Crippen molar-refractivity contribution in [1.82, 2.24) is 9.78 Å². The number of halogens is 1. The number of ether oxygens (including phenoxy) is 2. The highest BCUT2D eigenvalue weighted by Crippen LogP contribution is 2.29. The van der Waals surface area contributed by atoms with E-state index in [0.717, 1.165) is 21.5 Å². The van der Waals surface area contributed by atoms with E-state index < -0.39 is 6.10 Å². The Kier molecular flexibility index (Phi) is 5.78. The number of benzene rings is 1. The first-order chi connectivity index (χ1) is 10.2. The predicted molar refractivity (Wildman–Crippen MR) is 83.5 cm³/mol. The lowest BCUT2D eigenvalue weighted by molar-refractivity contribution is 0.171. The molecule has 0 fully saturated rings. The van der Waals surface area contributed by atoms with Gasteiger partial charge in [-0.1, -0.05) is 12.1 Å². The molecule has 0 amide bonds. The molecule has 0 saturated heterocycles. The van der Waals surface area contributed by atoms with Gasteiger partial charge in [0, 0.05) is 7.11 Å². The summed E-state index contributed by atoms with van der Waals surface area (Å²) in [6.07, 6.45) is 0.928. The lowest BCUT2D eigenvalue weighted by Gasteiger charge is -2.15. The Morgan fingerprint density at radius 1 is 1.33 bits per heavy atom. The van der Waals surface area contributed by atoms with Crippen LogP contribution in [0, 0.1) is 0 Å². The summed E-state index contributed by atoms with van der Waals surface area (Å²) in [7, 11) is 1.64. The van der Waals surface area contributed by atoms with Gasteiger partial charge in [0.1, 0.15) is 11.9 Å². The number of hydrogen-bond donors (Lipinski definition) is 1. The van der Waals surface area contributed by atoms with Gasteiger partial charge in [-0.25, -0.2) is 0 Å². The number of methoxy groups -OCH3 is 1. The van der Waals surface area contributed by atoms with E-state index in [1.54, 1.807) is 18.0 Å². The molecule has 0 aliphatic heterocycles. The second kappa shape index (κ2) is 7.59. The minimum Gasteiger partial charge on any atom is -0.494 e. The first-order valence-electron chi connectivity index (χ1n) is 6.78. The fraction of sp³-hybridized carbons (Fsp3) is 0.400. The van der Waals surface area contributed by atoms with Crippen LogP contribution in [-0.2, 0) is 11.3 Å². The maximum Gasteiger partial charge on any atom is 0.122 e. The van der Waals surface area contributed by atoms with Crippen LogP contribution >= 0.6 is 15.9 Å². The number of rotatable bonds is 7. The summed E-state index contributed by atoms with van der Waals surface area (Å²) in [5.74, 6) is 0.792. The summed E-state index contributed by atoms with van der Waals surface area (Å²) >= 11 is 3.44. The van der Waals surface area contributed by atoms with Crippen LogP contribution in [0.15, 0.2) is 34.9 Å². The topological polar surface area (TPSA) is 56.5 Å². The zero-order valence-electron chi connectivity index (χ0n) is 12.1. The Hall–Kier alpha value is -1.37. The summed E-state index contributed by atoms with van der Waals surface area (Å²) < 4.78 is 13.0. The normalized spacial score (nSPS) is 12.4. The summed E-state index contributed by atoms with van der Waals surface area (Å²) in [5, 5.41) is 14.8. The average molecular weight is 355 g/mol. The molecule has 0 saturated carbocycles. The molecule has 0 bridgehead atoms. The molecule has 1 heterocycles. The number of nitrogens with zero attached hydrogens (tertiary/aromatic N) is 2. The molecular formula is C15H19BrN2O3. The molecule has 1 atom stereocenters. The molecule has 6 heteroatoms. The zero-order chi connectivity index (χ0) is 15.2. The van der Waals surface area contributed by atoms with Gasteiger partial charge in [-0.15, -0.1) is 0 Å². The first-order valence-corrected chi connectivity index (χ1v) is 7.57. The van der Waals surface area contributed by atoms with Crippen LogP contribution in [0.3, 0.4) is 0 Å². The third kappa shape index (κ3) is 3.84. The standard InChI is InChI=1S/C15H19BrN2O3/c1-3-21-12-6-4-11(5-7-12)15(19)14-13(16)10-17-18(14)8-9-20-2/h4-7,10,15,19H,3,8-9H2,1-2H3. The summed E-state index contributed by atoms with van der Waals surface area (Å²) in [6, 6.07) is 7.42. The summed E-state index contributed by atoms with van der Waals surface area (Å²) in [4.78, 5) is 0. The van der Waals surface area contributed by atoms with E-state index in [4.69, 9.17) is 9.47 Å². The smallest absolute Gasteiger partial charge is 0.122 e. The van der Waals surface area contributed by atoms with Crippen molar-refractivity contribution in [2.45, 2.75) is 19.6 Å². The highest BCUT2D eigenvalue weighted by atomic mass is 79.9. The second-order valence-electron chi connectivity index (χ2n) is 4.50. The van der Waals surface area contributed by atoms with E-state index in [9.17, 15) is 5.11 Å². The molecular weight excluding hydrogens is 336 g/mol. The predicted octanol–water partition coefficient (Wildman–Crippen LogP) is 2.77. The molecule has 2 aromatic rings. The van der Waals surface area contributed by atoms with Crippen molar-refractivity contribution in [3.05, 3.63) is 46.2 Å². The van der Waals surface area contributed by atoms with Crippen molar-refractivity contribution >= 4 is 15.9 Å². The lowest BCUT2D eigenvalue weighted by atomic mass is 10.1. The van der Waals surface area contributed by atoms with Crippen molar-refractivity contribution in [1.29, 1.82) is 0 Å². The van der Waals surface area contributed by atoms with Gasteiger partial charge in [-0.3, -0.25) is 4.68 Å². The van der Waals surface area contributed by atoms with Gasteiger partial charge < -0.3 is 14.6 Å². The molecule has 0 aliphatic rings. The molecule has 2 rings (SSSR count). The average Bonchev–Trinajstić information content (AvgIpc) is 2.86. The van der Waals surface area contributed by atoms with Gasteiger partial charge in [0.15, 0.2) is 0 Å². The molecule has 0 aliphatic carbocycles. The van der Waals surface area contributed by atoms with E-state index in [1.807, 2.05) is 31.2 Å². The fourth-order valence-corrected chi connectivity index (χ4v) is 2.58. The van der Waals surface area contributed by atoms with E-state index in [1.165, 1.54) is 0 Å². The van der Waals surface area contributed by atoms with Crippen molar-refractivity contribution < 1.29 is 14.6 Å². The summed E-state index contributed by atoms with van der Waals surface area (Å²) in [6.45, 7) is 3.69. The van der Waals surface area contributed by atoms with Gasteiger partial charge in [-0.2, -0.15) is 5.10 Å². The van der Waals surface area contributed by atoms with Crippen molar-refractivity contribution in [3.8, 4) is 5.75 Å². The minimum atomic E-state index is -0.755. The van der Waals surface area contributed by atoms with Gasteiger partial charge in [0.05, 0.1) is 36.1 Å². The van der Waals surface area contributed by atoms with E-state index in [0.29, 0.717) is 19.8 Å². The van der Waals surface area contributed by atoms with Crippen molar-refractivity contribution in [3.63, 3.8) is 0 Å². The van der Waals surface area contributed by atoms with E-state index >= 15 is 0 Å². The number of aromatic nitrogens is 2. The second-order valence-corrected chi connectivity index (χ2v) is 5.35. The quantitative estimate of drug-likeness (QED) is 0.830. The van der Waals surface area contributed by atoms with Crippen molar-refractivity contribution in [2.24, 2.45) is 0 Å². The Balaban J connectivity index is 2.22. The Morgan fingerprint density at radius 2 is 2.05 bits per heavy atom.